The number of hydrogen-bond donors (Lipinski definition) is 0. The van der Waals surface area contributed by atoms with Gasteiger partial charge in [0, 0.05) is 32.6 Å². The van der Waals surface area contributed by atoms with Gasteiger partial charge in [-0.25, -0.2) is 8.42 Å². The molecule has 5 nitrogen and oxygen atoms in total. The Morgan fingerprint density at radius 2 is 1.91 bits per heavy atom. The van der Waals surface area contributed by atoms with E-state index in [1.54, 1.807) is 11.9 Å². The normalized spacial score (nSPS) is 20.2. The monoisotopic (exact) mass is 324 g/mol. The number of sulfone groups is 1. The molecule has 22 heavy (non-hydrogen) atoms. The second-order valence-corrected chi connectivity index (χ2v) is 8.25. The molecule has 1 aliphatic heterocycles. The topological polar surface area (TPSA) is 57.7 Å². The third-order valence-corrected chi connectivity index (χ3v) is 5.95. The molecule has 0 spiro atoms. The number of carbonyl (C=O) groups excluding carboxylic acids is 1. The minimum absolute atomic E-state index is 0.0530. The fourth-order valence-electron chi connectivity index (χ4n) is 2.71. The Kier molecular flexibility index (Phi) is 5.58. The maximum Gasteiger partial charge on any atom is 0.223 e. The molecule has 1 aliphatic rings. The van der Waals surface area contributed by atoms with Gasteiger partial charge in [-0.05, 0) is 19.0 Å². The van der Waals surface area contributed by atoms with Crippen molar-refractivity contribution in [1.82, 2.24) is 9.80 Å². The largest absolute Gasteiger partial charge is 0.341 e. The van der Waals surface area contributed by atoms with E-state index < -0.39 is 9.84 Å². The van der Waals surface area contributed by atoms with Crippen molar-refractivity contribution in [2.45, 2.75) is 25.4 Å². The van der Waals surface area contributed by atoms with Gasteiger partial charge in [-0.3, -0.25) is 4.79 Å². The summed E-state index contributed by atoms with van der Waals surface area (Å²) in [4.78, 5) is 15.9. The minimum Gasteiger partial charge on any atom is -0.341 e. The summed E-state index contributed by atoms with van der Waals surface area (Å²) in [6, 6.07) is 9.93. The summed E-state index contributed by atoms with van der Waals surface area (Å²) in [5.41, 5.74) is 1.11. The molecular weight excluding hydrogens is 300 g/mol. The van der Waals surface area contributed by atoms with Gasteiger partial charge in [0.05, 0.1) is 11.5 Å². The second-order valence-electron chi connectivity index (χ2n) is 6.02. The van der Waals surface area contributed by atoms with Crippen molar-refractivity contribution in [2.24, 2.45) is 0 Å². The van der Waals surface area contributed by atoms with Crippen LogP contribution < -0.4 is 0 Å². The third-order valence-electron chi connectivity index (χ3n) is 4.20. The lowest BCUT2D eigenvalue weighted by molar-refractivity contribution is -0.130. The highest BCUT2D eigenvalue weighted by Gasteiger charge is 2.30. The van der Waals surface area contributed by atoms with Crippen LogP contribution in [0.3, 0.4) is 0 Å². The molecule has 0 aliphatic carbocycles. The third kappa shape index (κ3) is 4.81. The van der Waals surface area contributed by atoms with Crippen LogP contribution in [-0.4, -0.2) is 62.3 Å². The molecule has 2 rings (SSSR count). The highest BCUT2D eigenvalue weighted by Crippen LogP contribution is 2.16. The van der Waals surface area contributed by atoms with E-state index in [0.717, 1.165) is 5.56 Å². The molecule has 1 fully saturated rings. The first-order valence-corrected chi connectivity index (χ1v) is 9.38. The molecule has 1 heterocycles. The second kappa shape index (κ2) is 7.24. The fourth-order valence-corrected chi connectivity index (χ4v) is 4.52. The Morgan fingerprint density at radius 1 is 1.23 bits per heavy atom. The zero-order chi connectivity index (χ0) is 16.2. The molecule has 0 saturated carbocycles. The van der Waals surface area contributed by atoms with Gasteiger partial charge in [0.2, 0.25) is 5.91 Å². The molecule has 122 valence electrons. The summed E-state index contributed by atoms with van der Waals surface area (Å²) >= 11 is 0. The summed E-state index contributed by atoms with van der Waals surface area (Å²) in [5, 5.41) is 0. The molecule has 1 amide bonds. The maximum absolute atomic E-state index is 12.2. The lowest BCUT2D eigenvalue weighted by Gasteiger charge is -2.24. The predicted octanol–water partition coefficient (Wildman–Crippen LogP) is 1.15. The van der Waals surface area contributed by atoms with Gasteiger partial charge in [0.15, 0.2) is 9.84 Å². The van der Waals surface area contributed by atoms with Crippen molar-refractivity contribution < 1.29 is 13.2 Å². The van der Waals surface area contributed by atoms with E-state index >= 15 is 0 Å². The number of nitrogens with zero attached hydrogens (tertiary/aromatic N) is 2. The summed E-state index contributed by atoms with van der Waals surface area (Å²) in [6.45, 7) is 1.19. The van der Waals surface area contributed by atoms with E-state index in [2.05, 4.69) is 0 Å². The molecule has 1 unspecified atom stereocenters. The SMILES string of the molecule is CN(Cc1ccccc1)C(=O)CCN(C)C1CCS(=O)(=O)C1. The van der Waals surface area contributed by atoms with Crippen LogP contribution in [0.4, 0.5) is 0 Å². The molecule has 0 radical (unpaired) electrons. The van der Waals surface area contributed by atoms with Crippen molar-refractivity contribution in [3.05, 3.63) is 35.9 Å². The van der Waals surface area contributed by atoms with Crippen molar-refractivity contribution in [3.63, 3.8) is 0 Å². The van der Waals surface area contributed by atoms with Gasteiger partial charge in [-0.15, -0.1) is 0 Å². The fraction of sp³-hybridized carbons (Fsp3) is 0.562. The van der Waals surface area contributed by atoms with Gasteiger partial charge < -0.3 is 9.80 Å². The molecule has 1 aromatic carbocycles. The van der Waals surface area contributed by atoms with Gasteiger partial charge in [-0.2, -0.15) is 0 Å². The van der Waals surface area contributed by atoms with Gasteiger partial charge in [0.1, 0.15) is 0 Å². The zero-order valence-corrected chi connectivity index (χ0v) is 14.1. The molecule has 0 aromatic heterocycles. The molecule has 1 saturated heterocycles. The van der Waals surface area contributed by atoms with Crippen molar-refractivity contribution in [3.8, 4) is 0 Å². The van der Waals surface area contributed by atoms with Crippen LogP contribution >= 0.6 is 0 Å². The van der Waals surface area contributed by atoms with Crippen molar-refractivity contribution in [2.75, 3.05) is 32.1 Å². The quantitative estimate of drug-likeness (QED) is 0.788. The maximum atomic E-state index is 12.2. The van der Waals surface area contributed by atoms with Gasteiger partial charge >= 0.3 is 0 Å². The van der Waals surface area contributed by atoms with E-state index in [9.17, 15) is 13.2 Å². The molecule has 0 bridgehead atoms. The van der Waals surface area contributed by atoms with Crippen LogP contribution in [0.15, 0.2) is 30.3 Å². The van der Waals surface area contributed by atoms with Crippen LogP contribution in [0.25, 0.3) is 0 Å². The standard InChI is InChI=1S/C16H24N2O3S/c1-17(15-9-11-22(20,21)13-15)10-8-16(19)18(2)12-14-6-4-3-5-7-14/h3-7,15H,8-13H2,1-2H3. The number of carbonyl (C=O) groups is 1. The van der Waals surface area contributed by atoms with E-state index in [0.29, 0.717) is 25.9 Å². The van der Waals surface area contributed by atoms with E-state index in [1.165, 1.54) is 0 Å². The Hall–Kier alpha value is -1.40. The Morgan fingerprint density at radius 3 is 2.50 bits per heavy atom. The molecule has 6 heteroatoms. The van der Waals surface area contributed by atoms with Gasteiger partial charge in [-0.1, -0.05) is 30.3 Å². The summed E-state index contributed by atoms with van der Waals surface area (Å²) in [7, 11) is 0.827. The molecule has 0 N–H and O–H groups in total. The zero-order valence-electron chi connectivity index (χ0n) is 13.2. The summed E-state index contributed by atoms with van der Waals surface area (Å²) < 4.78 is 23.0. The number of amides is 1. The predicted molar refractivity (Wildman–Crippen MR) is 87.2 cm³/mol. The first-order chi connectivity index (χ1) is 10.4. The smallest absolute Gasteiger partial charge is 0.223 e. The number of hydrogen-bond acceptors (Lipinski definition) is 4. The highest BCUT2D eigenvalue weighted by molar-refractivity contribution is 7.91. The summed E-state index contributed by atoms with van der Waals surface area (Å²) in [6.07, 6.45) is 1.09. The highest BCUT2D eigenvalue weighted by atomic mass is 32.2. The number of rotatable bonds is 6. The van der Waals surface area contributed by atoms with Gasteiger partial charge in [0.25, 0.3) is 0 Å². The lowest BCUT2D eigenvalue weighted by Crippen LogP contribution is -2.36. The Balaban J connectivity index is 1.77. The molecule has 1 aromatic rings. The average molecular weight is 324 g/mol. The van der Waals surface area contributed by atoms with Crippen LogP contribution in [0.1, 0.15) is 18.4 Å². The molecular formula is C16H24N2O3S. The van der Waals surface area contributed by atoms with E-state index in [1.807, 2.05) is 42.3 Å². The summed E-state index contributed by atoms with van der Waals surface area (Å²) in [5.74, 6) is 0.568. The Labute approximate surface area is 132 Å². The van der Waals surface area contributed by atoms with Crippen molar-refractivity contribution in [1.29, 1.82) is 0 Å². The number of benzene rings is 1. The first-order valence-electron chi connectivity index (χ1n) is 7.56. The Bertz CT molecular complexity index is 601. The van der Waals surface area contributed by atoms with E-state index in [4.69, 9.17) is 0 Å². The first kappa shape index (κ1) is 17.0. The van der Waals surface area contributed by atoms with Crippen molar-refractivity contribution >= 4 is 15.7 Å². The van der Waals surface area contributed by atoms with Crippen LogP contribution in [0, 0.1) is 0 Å². The minimum atomic E-state index is -2.87. The lowest BCUT2D eigenvalue weighted by atomic mass is 10.2. The van der Waals surface area contributed by atoms with Crippen LogP contribution in [0.2, 0.25) is 0 Å². The average Bonchev–Trinajstić information content (AvgIpc) is 2.85. The van der Waals surface area contributed by atoms with E-state index in [-0.39, 0.29) is 23.5 Å². The van der Waals surface area contributed by atoms with Crippen LogP contribution in [-0.2, 0) is 21.2 Å². The van der Waals surface area contributed by atoms with Crippen LogP contribution in [0.5, 0.6) is 0 Å². The molecule has 1 atom stereocenters.